The van der Waals surface area contributed by atoms with Crippen molar-refractivity contribution < 1.29 is 23.1 Å². The van der Waals surface area contributed by atoms with Gasteiger partial charge in [-0.15, -0.1) is 0 Å². The van der Waals surface area contributed by atoms with Crippen LogP contribution in [0.4, 0.5) is 4.79 Å². The van der Waals surface area contributed by atoms with Crippen molar-refractivity contribution in [3.63, 3.8) is 0 Å². The average molecular weight is 486 g/mol. The number of para-hydroxylation sites is 2. The highest BCUT2D eigenvalue weighted by Crippen LogP contribution is 2.53. The number of carbonyl (C=O) groups excluding carboxylic acids is 1. The number of rotatable bonds is 12. The predicted molar refractivity (Wildman–Crippen MR) is 133 cm³/mol. The zero-order chi connectivity index (χ0) is 23.4. The minimum absolute atomic E-state index is 0.105. The Bertz CT molecular complexity index is 975. The summed E-state index contributed by atoms with van der Waals surface area (Å²) < 4.78 is 31.3. The molecule has 3 rings (SSSR count). The molecule has 0 aliphatic heterocycles. The number of alkyl carbamates (subject to hydrolysis) is 1. The summed E-state index contributed by atoms with van der Waals surface area (Å²) >= 11 is 1.67. The van der Waals surface area contributed by atoms with Crippen molar-refractivity contribution in [1.29, 1.82) is 0 Å². The maximum atomic E-state index is 14.1. The molecule has 0 aliphatic carbocycles. The SMILES string of the molecule is CSCCCC(NC(=O)OCc1ccccc1)P(=O)(Oc1ccccc1)Oc1ccccc1. The molecule has 0 spiro atoms. The van der Waals surface area contributed by atoms with Gasteiger partial charge < -0.3 is 19.1 Å². The normalized spacial score (nSPS) is 11.9. The first-order valence-electron chi connectivity index (χ1n) is 10.6. The first-order chi connectivity index (χ1) is 16.1. The molecule has 0 saturated heterocycles. The lowest BCUT2D eigenvalue weighted by Crippen LogP contribution is -2.37. The van der Waals surface area contributed by atoms with Crippen molar-refractivity contribution in [3.8, 4) is 11.5 Å². The van der Waals surface area contributed by atoms with Crippen molar-refractivity contribution in [3.05, 3.63) is 96.6 Å². The van der Waals surface area contributed by atoms with Gasteiger partial charge in [0.2, 0.25) is 0 Å². The number of carbonyl (C=O) groups is 1. The van der Waals surface area contributed by atoms with E-state index in [0.717, 1.165) is 11.3 Å². The van der Waals surface area contributed by atoms with Gasteiger partial charge in [-0.25, -0.2) is 9.36 Å². The van der Waals surface area contributed by atoms with E-state index >= 15 is 0 Å². The lowest BCUT2D eigenvalue weighted by atomic mass is 10.2. The van der Waals surface area contributed by atoms with Gasteiger partial charge in [0.15, 0.2) is 5.78 Å². The predicted octanol–water partition coefficient (Wildman–Crippen LogP) is 6.73. The van der Waals surface area contributed by atoms with Crippen LogP contribution in [0.5, 0.6) is 11.5 Å². The van der Waals surface area contributed by atoms with Crippen molar-refractivity contribution in [2.75, 3.05) is 12.0 Å². The third-order valence-corrected chi connectivity index (χ3v) is 7.43. The van der Waals surface area contributed by atoms with E-state index in [0.29, 0.717) is 24.3 Å². The molecule has 0 aliphatic rings. The largest absolute Gasteiger partial charge is 0.453 e. The number of thioether (sulfide) groups is 1. The molecule has 3 aromatic carbocycles. The van der Waals surface area contributed by atoms with Crippen LogP contribution in [0.2, 0.25) is 0 Å². The Morgan fingerprint density at radius 2 is 1.39 bits per heavy atom. The average Bonchev–Trinajstić information content (AvgIpc) is 2.84. The second kappa shape index (κ2) is 13.0. The molecule has 0 bridgehead atoms. The molecule has 8 heteroatoms. The molecular weight excluding hydrogens is 457 g/mol. The van der Waals surface area contributed by atoms with Crippen LogP contribution in [0.25, 0.3) is 0 Å². The van der Waals surface area contributed by atoms with Crippen LogP contribution in [0.15, 0.2) is 91.0 Å². The summed E-state index contributed by atoms with van der Waals surface area (Å²) in [6.45, 7) is 0.105. The zero-order valence-electron chi connectivity index (χ0n) is 18.5. The van der Waals surface area contributed by atoms with E-state index in [2.05, 4.69) is 5.32 Å². The van der Waals surface area contributed by atoms with Gasteiger partial charge in [-0.05, 0) is 54.7 Å². The molecular formula is C25H28NO5PS. The third kappa shape index (κ3) is 8.19. The minimum atomic E-state index is -3.88. The van der Waals surface area contributed by atoms with Gasteiger partial charge in [0.1, 0.15) is 18.1 Å². The van der Waals surface area contributed by atoms with E-state index in [1.54, 1.807) is 60.3 Å². The fourth-order valence-corrected chi connectivity index (χ4v) is 5.37. The maximum Gasteiger partial charge on any atom is 0.453 e. The number of benzene rings is 3. The van der Waals surface area contributed by atoms with Crippen LogP contribution < -0.4 is 14.4 Å². The molecule has 174 valence electrons. The number of hydrogen-bond donors (Lipinski definition) is 1. The van der Waals surface area contributed by atoms with Crippen molar-refractivity contribution in [2.45, 2.75) is 25.2 Å². The third-order valence-electron chi connectivity index (χ3n) is 4.66. The van der Waals surface area contributed by atoms with Gasteiger partial charge in [0, 0.05) is 0 Å². The number of hydrogen-bond acceptors (Lipinski definition) is 6. The summed E-state index contributed by atoms with van der Waals surface area (Å²) in [5.41, 5.74) is 0.857. The number of nitrogens with one attached hydrogen (secondary N) is 1. The van der Waals surface area contributed by atoms with E-state index in [4.69, 9.17) is 13.8 Å². The highest BCUT2D eigenvalue weighted by atomic mass is 32.2. The van der Waals surface area contributed by atoms with Crippen molar-refractivity contribution in [1.82, 2.24) is 5.32 Å². The maximum absolute atomic E-state index is 14.1. The molecule has 0 radical (unpaired) electrons. The van der Waals surface area contributed by atoms with E-state index < -0.39 is 19.5 Å². The summed E-state index contributed by atoms with van der Waals surface area (Å²) in [5, 5.41) is 2.74. The monoisotopic (exact) mass is 485 g/mol. The molecule has 1 atom stereocenters. The number of amides is 1. The quantitative estimate of drug-likeness (QED) is 0.226. The smallest absolute Gasteiger partial charge is 0.445 e. The molecule has 6 nitrogen and oxygen atoms in total. The minimum Gasteiger partial charge on any atom is -0.445 e. The Labute approximate surface area is 199 Å². The standard InChI is InChI=1S/C25H28NO5PS/c1-33-19-11-18-24(26-25(27)29-20-21-12-5-2-6-13-21)32(28,30-22-14-7-3-8-15-22)31-23-16-9-4-10-17-23/h2-10,12-17,24H,11,18-20H2,1H3,(H,26,27). The second-order valence-corrected chi connectivity index (χ2v) is 10.3. The van der Waals surface area contributed by atoms with Crippen LogP contribution >= 0.6 is 19.4 Å². The first-order valence-corrected chi connectivity index (χ1v) is 13.6. The van der Waals surface area contributed by atoms with Gasteiger partial charge in [-0.1, -0.05) is 66.7 Å². The summed E-state index contributed by atoms with van der Waals surface area (Å²) in [7, 11) is -3.88. The Balaban J connectivity index is 1.80. The van der Waals surface area contributed by atoms with Crippen molar-refractivity contribution >= 4 is 25.5 Å². The highest BCUT2D eigenvalue weighted by molar-refractivity contribution is 7.98. The topological polar surface area (TPSA) is 73.9 Å². The van der Waals surface area contributed by atoms with Crippen LogP contribution in [0, 0.1) is 0 Å². The zero-order valence-corrected chi connectivity index (χ0v) is 20.2. The van der Waals surface area contributed by atoms with Crippen LogP contribution in [-0.4, -0.2) is 23.9 Å². The first kappa shape index (κ1) is 24.7. The fraction of sp³-hybridized carbons (Fsp3) is 0.240. The summed E-state index contributed by atoms with van der Waals surface area (Å²) in [6.07, 6.45) is 2.43. The Morgan fingerprint density at radius 3 is 1.91 bits per heavy atom. The van der Waals surface area contributed by atoms with E-state index in [1.807, 2.05) is 48.7 Å². The highest BCUT2D eigenvalue weighted by Gasteiger charge is 2.40. The van der Waals surface area contributed by atoms with Gasteiger partial charge in [0.05, 0.1) is 0 Å². The van der Waals surface area contributed by atoms with Gasteiger partial charge in [0.25, 0.3) is 0 Å². The molecule has 0 fully saturated rings. The molecule has 1 N–H and O–H groups in total. The summed E-state index contributed by atoms with van der Waals surface area (Å²) in [4.78, 5) is 12.6. The molecule has 0 heterocycles. The lowest BCUT2D eigenvalue weighted by molar-refractivity contribution is 0.137. The fourth-order valence-electron chi connectivity index (χ4n) is 3.03. The molecule has 1 amide bonds. The van der Waals surface area contributed by atoms with E-state index in [9.17, 15) is 9.36 Å². The molecule has 33 heavy (non-hydrogen) atoms. The molecule has 1 unspecified atom stereocenters. The van der Waals surface area contributed by atoms with Crippen LogP contribution in [0.3, 0.4) is 0 Å². The van der Waals surface area contributed by atoms with E-state index in [-0.39, 0.29) is 6.61 Å². The Kier molecular flexibility index (Phi) is 9.73. The van der Waals surface area contributed by atoms with Gasteiger partial charge in [-0.3, -0.25) is 0 Å². The van der Waals surface area contributed by atoms with E-state index in [1.165, 1.54) is 0 Å². The van der Waals surface area contributed by atoms with Crippen LogP contribution in [-0.2, 0) is 15.9 Å². The molecule has 0 aromatic heterocycles. The van der Waals surface area contributed by atoms with Crippen molar-refractivity contribution in [2.24, 2.45) is 0 Å². The summed E-state index contributed by atoms with van der Waals surface area (Å²) in [5.74, 6) is 0.735. The van der Waals surface area contributed by atoms with Crippen LogP contribution in [0.1, 0.15) is 18.4 Å². The number of ether oxygens (including phenoxy) is 1. The Morgan fingerprint density at radius 1 is 0.879 bits per heavy atom. The summed E-state index contributed by atoms with van der Waals surface area (Å²) in [6, 6.07) is 27.0. The molecule has 3 aromatic rings. The molecule has 0 saturated carbocycles. The Hall–Kier alpha value is -2.89. The van der Waals surface area contributed by atoms with Gasteiger partial charge in [-0.2, -0.15) is 11.8 Å². The second-order valence-electron chi connectivity index (χ2n) is 7.21. The lowest BCUT2D eigenvalue weighted by Gasteiger charge is -2.28. The van der Waals surface area contributed by atoms with Gasteiger partial charge >= 0.3 is 13.7 Å².